The average molecular weight is 809 g/mol. The van der Waals surface area contributed by atoms with E-state index in [-0.39, 0.29) is 41.8 Å². The minimum absolute atomic E-state index is 0.00354. The topological polar surface area (TPSA) is 104 Å². The molecule has 5 aliphatic rings. The number of carbonyl (C=O) groups is 1. The van der Waals surface area contributed by atoms with Crippen LogP contribution in [0.15, 0.2) is 36.4 Å². The van der Waals surface area contributed by atoms with Crippen LogP contribution in [0.4, 0.5) is 19.4 Å². The second-order valence-corrected chi connectivity index (χ2v) is 23.9. The number of aromatic nitrogens is 3. The van der Waals surface area contributed by atoms with Gasteiger partial charge in [-0.2, -0.15) is 9.97 Å². The van der Waals surface area contributed by atoms with Crippen LogP contribution < -0.4 is 14.4 Å². The molecule has 7 heterocycles. The van der Waals surface area contributed by atoms with Gasteiger partial charge >= 0.3 is 12.1 Å². The van der Waals surface area contributed by atoms with Crippen molar-refractivity contribution in [3.05, 3.63) is 47.8 Å². The van der Waals surface area contributed by atoms with Crippen LogP contribution in [-0.2, 0) is 0 Å². The van der Waals surface area contributed by atoms with Crippen LogP contribution in [0, 0.1) is 17.3 Å². The monoisotopic (exact) mass is 808 g/mol. The maximum atomic E-state index is 17.7. The van der Waals surface area contributed by atoms with Crippen molar-refractivity contribution in [1.29, 1.82) is 0 Å². The summed E-state index contributed by atoms with van der Waals surface area (Å²) in [4.78, 5) is 33.1. The number of alkyl halides is 1. The number of hydrogen-bond acceptors (Lipinski definition) is 8. The first-order valence-corrected chi connectivity index (χ1v) is 23.4. The zero-order valence-electron chi connectivity index (χ0n) is 34.6. The van der Waals surface area contributed by atoms with Crippen LogP contribution in [-0.4, -0.2) is 106 Å². The smallest absolute Gasteiger partial charge is 0.407 e. The largest absolute Gasteiger partial charge is 0.472 e. The zero-order chi connectivity index (χ0) is 40.8. The first-order chi connectivity index (χ1) is 27.7. The lowest BCUT2D eigenvalue weighted by Gasteiger charge is -2.47. The van der Waals surface area contributed by atoms with Gasteiger partial charge in [0.05, 0.1) is 23.7 Å². The number of halogens is 2. The van der Waals surface area contributed by atoms with Crippen LogP contribution in [0.5, 0.6) is 11.9 Å². The number of anilines is 1. The Kier molecular flexibility index (Phi) is 9.62. The summed E-state index contributed by atoms with van der Waals surface area (Å²) < 4.78 is 45.7. The third kappa shape index (κ3) is 5.94. The number of piperazine rings is 1. The van der Waals surface area contributed by atoms with Crippen molar-refractivity contribution in [1.82, 2.24) is 24.8 Å². The molecule has 1 amide bonds. The predicted octanol–water partition coefficient (Wildman–Crippen LogP) is 8.99. The molecule has 2 bridgehead atoms. The molecule has 0 saturated carbocycles. The lowest BCUT2D eigenvalue weighted by atomic mass is 9.95. The van der Waals surface area contributed by atoms with E-state index in [1.165, 1.54) is 0 Å². The Balaban J connectivity index is 1.23. The molecular weight excluding hydrogens is 755 g/mol. The van der Waals surface area contributed by atoms with Crippen molar-refractivity contribution in [2.75, 3.05) is 31.1 Å². The quantitative estimate of drug-likeness (QED) is 0.145. The van der Waals surface area contributed by atoms with Gasteiger partial charge in [0.1, 0.15) is 49.4 Å². The standard InChI is InChI=1S/C45H54F2N6O4Si/c1-25(2)58(26(3)4,27(5)6)20-17-30-12-8-11-29-13-9-14-33(35(29)30)38-37(47)39-36-41(50-43(49-39)56-24-45-18-10-19-51(45)22-31(46)21-45)52-23-32-15-16-34(53(32)44(54)55)40(52)28(7)57-42(36)48-38/h8-9,11-14,25-28,31-32,34,40H,10,15-16,18-19,21-24H2,1-7H3,(H,54,55)/t28?,31-,32?,34?,40?,45+/m1/s1. The van der Waals surface area contributed by atoms with Gasteiger partial charge < -0.3 is 19.5 Å². The molecule has 0 aliphatic carbocycles. The number of benzene rings is 2. The van der Waals surface area contributed by atoms with Crippen molar-refractivity contribution < 1.29 is 28.2 Å². The second-order valence-electron chi connectivity index (χ2n) is 18.3. The molecule has 6 atom stereocenters. The normalized spacial score (nSPS) is 26.6. The molecule has 2 aromatic carbocycles. The van der Waals surface area contributed by atoms with Crippen molar-refractivity contribution in [3.8, 4) is 34.6 Å². The van der Waals surface area contributed by atoms with Crippen LogP contribution in [0.3, 0.4) is 0 Å². The van der Waals surface area contributed by atoms with Crippen LogP contribution in [0.2, 0.25) is 16.6 Å². The van der Waals surface area contributed by atoms with Crippen molar-refractivity contribution in [3.63, 3.8) is 0 Å². The molecule has 9 rings (SSSR count). The SMILES string of the molecule is CC1Oc2nc(-c3cccc4cccc(C#C[Si](C(C)C)(C(C)C)C(C)C)c34)c(F)c3nc(OC[C@@]45CCCN4C[C@H](F)C5)nc(c23)N2CC3CCC(C12)N3C(=O)O. The van der Waals surface area contributed by atoms with Gasteiger partial charge in [0, 0.05) is 36.0 Å². The molecule has 4 saturated heterocycles. The summed E-state index contributed by atoms with van der Waals surface area (Å²) in [5, 5.41) is 12.3. The van der Waals surface area contributed by atoms with Crippen molar-refractivity contribution in [2.45, 2.75) is 133 Å². The Morgan fingerprint density at radius 3 is 2.50 bits per heavy atom. The fourth-order valence-electron chi connectivity index (χ4n) is 11.9. The number of ether oxygens (including phenoxy) is 2. The van der Waals surface area contributed by atoms with E-state index in [1.54, 1.807) is 4.90 Å². The van der Waals surface area contributed by atoms with E-state index in [2.05, 4.69) is 62.8 Å². The first kappa shape index (κ1) is 38.9. The summed E-state index contributed by atoms with van der Waals surface area (Å²) in [6.45, 7) is 17.4. The van der Waals surface area contributed by atoms with Gasteiger partial charge in [0.15, 0.2) is 5.82 Å². The molecule has 0 spiro atoms. The van der Waals surface area contributed by atoms with E-state index in [4.69, 9.17) is 24.4 Å². The van der Waals surface area contributed by atoms with E-state index in [0.29, 0.717) is 65.7 Å². The molecule has 1 N–H and O–H groups in total. The summed E-state index contributed by atoms with van der Waals surface area (Å²) in [6, 6.07) is 10.8. The van der Waals surface area contributed by atoms with Gasteiger partial charge in [-0.1, -0.05) is 77.8 Å². The summed E-state index contributed by atoms with van der Waals surface area (Å²) in [5.41, 5.74) is 6.20. The molecular formula is C45H54F2N6O4Si. The summed E-state index contributed by atoms with van der Waals surface area (Å²) in [6.07, 6.45) is 1.08. The Labute approximate surface area is 340 Å². The molecule has 0 radical (unpaired) electrons. The minimum Gasteiger partial charge on any atom is -0.472 e. The molecule has 2 aromatic heterocycles. The Morgan fingerprint density at radius 2 is 1.78 bits per heavy atom. The second kappa shape index (κ2) is 14.3. The third-order valence-electron chi connectivity index (χ3n) is 14.4. The number of pyridine rings is 1. The number of nitrogens with zero attached hydrogens (tertiary/aromatic N) is 6. The molecule has 5 aliphatic heterocycles. The Bertz CT molecular complexity index is 2340. The van der Waals surface area contributed by atoms with Crippen LogP contribution in [0.25, 0.3) is 32.9 Å². The molecule has 4 aromatic rings. The van der Waals surface area contributed by atoms with Gasteiger partial charge in [-0.25, -0.2) is 18.6 Å². The Morgan fingerprint density at radius 1 is 1.03 bits per heavy atom. The predicted molar refractivity (Wildman–Crippen MR) is 225 cm³/mol. The van der Waals surface area contributed by atoms with E-state index in [9.17, 15) is 14.3 Å². The highest BCUT2D eigenvalue weighted by Crippen LogP contribution is 2.48. The van der Waals surface area contributed by atoms with Crippen LogP contribution in [0.1, 0.15) is 86.1 Å². The highest BCUT2D eigenvalue weighted by molar-refractivity contribution is 6.90. The van der Waals surface area contributed by atoms with E-state index in [0.717, 1.165) is 35.7 Å². The van der Waals surface area contributed by atoms with Gasteiger partial charge in [-0.3, -0.25) is 9.80 Å². The highest BCUT2D eigenvalue weighted by atomic mass is 28.3. The number of carboxylic acid groups (broad SMARTS) is 1. The molecule has 306 valence electrons. The van der Waals surface area contributed by atoms with Gasteiger partial charge in [-0.15, -0.1) is 5.54 Å². The maximum absolute atomic E-state index is 17.7. The summed E-state index contributed by atoms with van der Waals surface area (Å²) in [7, 11) is -2.11. The summed E-state index contributed by atoms with van der Waals surface area (Å²) >= 11 is 0. The first-order valence-electron chi connectivity index (χ1n) is 21.2. The lowest BCUT2D eigenvalue weighted by molar-refractivity contribution is 0.0706. The van der Waals surface area contributed by atoms with E-state index in [1.807, 2.05) is 43.3 Å². The van der Waals surface area contributed by atoms with Crippen molar-refractivity contribution >= 4 is 41.7 Å². The van der Waals surface area contributed by atoms with Gasteiger partial charge in [-0.05, 0) is 67.2 Å². The van der Waals surface area contributed by atoms with Crippen LogP contribution >= 0.6 is 0 Å². The fourth-order valence-corrected chi connectivity index (χ4v) is 17.1. The maximum Gasteiger partial charge on any atom is 0.407 e. The third-order valence-corrected chi connectivity index (χ3v) is 20.7. The fraction of sp³-hybridized carbons (Fsp3) is 0.556. The van der Waals surface area contributed by atoms with Crippen molar-refractivity contribution in [2.24, 2.45) is 0 Å². The summed E-state index contributed by atoms with van der Waals surface area (Å²) in [5.74, 6) is 3.61. The molecule has 13 heteroatoms. The zero-order valence-corrected chi connectivity index (χ0v) is 35.6. The van der Waals surface area contributed by atoms with Gasteiger partial charge in [0.25, 0.3) is 0 Å². The highest BCUT2D eigenvalue weighted by Gasteiger charge is 2.54. The molecule has 4 fully saturated rings. The van der Waals surface area contributed by atoms with E-state index < -0.39 is 43.8 Å². The number of rotatable bonds is 7. The average Bonchev–Trinajstić information content (AvgIpc) is 3.79. The van der Waals surface area contributed by atoms with Gasteiger partial charge in [0.2, 0.25) is 5.88 Å². The lowest BCUT2D eigenvalue weighted by Crippen LogP contribution is -2.64. The Hall–Kier alpha value is -4.54. The number of fused-ring (bicyclic) bond motifs is 7. The molecule has 10 nitrogen and oxygen atoms in total. The number of amides is 1. The number of hydrogen-bond donors (Lipinski definition) is 1. The molecule has 4 unspecified atom stereocenters. The minimum atomic E-state index is -2.11. The molecule has 58 heavy (non-hydrogen) atoms. The van der Waals surface area contributed by atoms with E-state index >= 15 is 4.39 Å².